The van der Waals surface area contributed by atoms with E-state index in [-0.39, 0.29) is 5.69 Å². The zero-order valence-electron chi connectivity index (χ0n) is 8.62. The number of rotatable bonds is 2. The van der Waals surface area contributed by atoms with Crippen molar-refractivity contribution in [1.29, 1.82) is 5.41 Å². The van der Waals surface area contributed by atoms with Crippen molar-refractivity contribution in [1.82, 2.24) is 10.4 Å². The van der Waals surface area contributed by atoms with Crippen molar-refractivity contribution in [3.05, 3.63) is 30.1 Å². The number of nitrogens with zero attached hydrogens (tertiary/aromatic N) is 1. The zero-order chi connectivity index (χ0) is 12.1. The van der Waals surface area contributed by atoms with Crippen molar-refractivity contribution in [2.45, 2.75) is 0 Å². The molecule has 16 heavy (non-hydrogen) atoms. The molecule has 6 nitrogen and oxygen atoms in total. The number of hydrazine groups is 1. The highest BCUT2D eigenvalue weighted by Gasteiger charge is 2.15. The Kier molecular flexibility index (Phi) is 3.78. The van der Waals surface area contributed by atoms with Crippen molar-refractivity contribution in [3.8, 4) is 0 Å². The third kappa shape index (κ3) is 2.67. The van der Waals surface area contributed by atoms with E-state index >= 15 is 0 Å². The predicted octanol–water partition coefficient (Wildman–Crippen LogP) is 0.687. The maximum Gasteiger partial charge on any atom is 0.343 e. The molecule has 0 bridgehead atoms. The normalized spacial score (nSPS) is 9.62. The van der Waals surface area contributed by atoms with Gasteiger partial charge in [0, 0.05) is 7.05 Å². The quantitative estimate of drug-likeness (QED) is 0.339. The van der Waals surface area contributed by atoms with Gasteiger partial charge in [-0.05, 0) is 12.1 Å². The summed E-state index contributed by atoms with van der Waals surface area (Å²) in [4.78, 5) is 11.5. The average Bonchev–Trinajstić information content (AvgIpc) is 2.22. The molecule has 0 heterocycles. The van der Waals surface area contributed by atoms with Gasteiger partial charge in [-0.15, -0.1) is 0 Å². The van der Waals surface area contributed by atoms with Crippen molar-refractivity contribution in [2.75, 3.05) is 12.4 Å². The molecule has 0 radical (unpaired) electrons. The standard InChI is InChI=1S/C9H12FN5O/c1-13-15(8(11)12)9(16)14-7-5-3-2-4-6(7)10/h2-5,13H,1H3,(H3,11,12)(H,14,16). The second-order valence-corrected chi connectivity index (χ2v) is 2.85. The molecule has 0 saturated carbocycles. The Morgan fingerprint density at radius 1 is 1.50 bits per heavy atom. The molecule has 86 valence electrons. The van der Waals surface area contributed by atoms with E-state index in [9.17, 15) is 9.18 Å². The molecule has 1 rings (SSSR count). The monoisotopic (exact) mass is 225 g/mol. The Morgan fingerprint density at radius 3 is 2.62 bits per heavy atom. The van der Waals surface area contributed by atoms with Crippen molar-refractivity contribution in [3.63, 3.8) is 0 Å². The van der Waals surface area contributed by atoms with Crippen LogP contribution in [0.15, 0.2) is 24.3 Å². The van der Waals surface area contributed by atoms with E-state index in [2.05, 4.69) is 10.7 Å². The third-order valence-corrected chi connectivity index (χ3v) is 1.78. The molecule has 0 aromatic heterocycles. The second-order valence-electron chi connectivity index (χ2n) is 2.85. The van der Waals surface area contributed by atoms with Crippen LogP contribution in [-0.4, -0.2) is 24.0 Å². The first-order valence-corrected chi connectivity index (χ1v) is 4.43. The number of para-hydroxylation sites is 1. The van der Waals surface area contributed by atoms with Crippen LogP contribution in [0.4, 0.5) is 14.9 Å². The zero-order valence-corrected chi connectivity index (χ0v) is 8.62. The minimum Gasteiger partial charge on any atom is -0.368 e. The van der Waals surface area contributed by atoms with Crippen LogP contribution >= 0.6 is 0 Å². The lowest BCUT2D eigenvalue weighted by Crippen LogP contribution is -2.50. The molecule has 2 amide bonds. The molecule has 0 aliphatic carbocycles. The Balaban J connectivity index is 2.78. The first-order chi connectivity index (χ1) is 7.56. The van der Waals surface area contributed by atoms with E-state index in [1.807, 2.05) is 0 Å². The molecule has 1 aromatic rings. The van der Waals surface area contributed by atoms with Gasteiger partial charge in [0.05, 0.1) is 5.69 Å². The molecular formula is C9H12FN5O. The maximum absolute atomic E-state index is 13.2. The lowest BCUT2D eigenvalue weighted by atomic mass is 10.3. The van der Waals surface area contributed by atoms with Gasteiger partial charge in [0.15, 0.2) is 0 Å². The summed E-state index contributed by atoms with van der Waals surface area (Å²) in [5.74, 6) is -1.05. The van der Waals surface area contributed by atoms with E-state index in [4.69, 9.17) is 11.1 Å². The molecule has 1 aromatic carbocycles. The lowest BCUT2D eigenvalue weighted by Gasteiger charge is -2.19. The summed E-state index contributed by atoms with van der Waals surface area (Å²) in [5.41, 5.74) is 7.54. The molecule has 0 aliphatic heterocycles. The van der Waals surface area contributed by atoms with Crippen LogP contribution in [0.5, 0.6) is 0 Å². The van der Waals surface area contributed by atoms with Crippen molar-refractivity contribution >= 4 is 17.7 Å². The molecule has 0 saturated heterocycles. The Morgan fingerprint density at radius 2 is 2.12 bits per heavy atom. The van der Waals surface area contributed by atoms with Gasteiger partial charge in [-0.1, -0.05) is 12.1 Å². The fourth-order valence-electron chi connectivity index (χ4n) is 1.07. The highest BCUT2D eigenvalue weighted by Crippen LogP contribution is 2.12. The summed E-state index contributed by atoms with van der Waals surface area (Å²) in [5, 5.41) is 10.1. The van der Waals surface area contributed by atoms with Crippen LogP contribution in [0.2, 0.25) is 0 Å². The van der Waals surface area contributed by atoms with Crippen molar-refractivity contribution in [2.24, 2.45) is 5.73 Å². The summed E-state index contributed by atoms with van der Waals surface area (Å²) in [6.45, 7) is 0. The predicted molar refractivity (Wildman–Crippen MR) is 58.2 cm³/mol. The highest BCUT2D eigenvalue weighted by molar-refractivity contribution is 6.00. The number of hydrogen-bond donors (Lipinski definition) is 4. The van der Waals surface area contributed by atoms with Crippen LogP contribution < -0.4 is 16.5 Å². The Hall–Kier alpha value is -2.15. The van der Waals surface area contributed by atoms with Gasteiger partial charge >= 0.3 is 6.03 Å². The van der Waals surface area contributed by atoms with Crippen molar-refractivity contribution < 1.29 is 9.18 Å². The number of guanidine groups is 1. The molecule has 0 fully saturated rings. The largest absolute Gasteiger partial charge is 0.368 e. The Labute approximate surface area is 91.7 Å². The number of hydrogen-bond acceptors (Lipinski definition) is 3. The van der Waals surface area contributed by atoms with Crippen LogP contribution in [0.3, 0.4) is 0 Å². The molecule has 5 N–H and O–H groups in total. The topological polar surface area (TPSA) is 94.2 Å². The molecule has 0 aliphatic rings. The minimum absolute atomic E-state index is 0.0222. The number of nitrogens with one attached hydrogen (secondary N) is 3. The smallest absolute Gasteiger partial charge is 0.343 e. The van der Waals surface area contributed by atoms with Crippen LogP contribution in [0.25, 0.3) is 0 Å². The summed E-state index contributed by atoms with van der Waals surface area (Å²) < 4.78 is 13.2. The number of urea groups is 1. The number of anilines is 1. The van der Waals surface area contributed by atoms with Gasteiger partial charge in [0.2, 0.25) is 5.96 Å². The summed E-state index contributed by atoms with van der Waals surface area (Å²) in [6.07, 6.45) is 0. The van der Waals surface area contributed by atoms with Gasteiger partial charge in [0.1, 0.15) is 5.82 Å². The molecule has 0 atom stereocenters. The highest BCUT2D eigenvalue weighted by atomic mass is 19.1. The number of carbonyl (C=O) groups is 1. The van der Waals surface area contributed by atoms with Gasteiger partial charge < -0.3 is 11.1 Å². The second kappa shape index (κ2) is 5.08. The fourth-order valence-corrected chi connectivity index (χ4v) is 1.07. The van der Waals surface area contributed by atoms with E-state index in [0.29, 0.717) is 0 Å². The molecule has 7 heteroatoms. The maximum atomic E-state index is 13.2. The first-order valence-electron chi connectivity index (χ1n) is 4.43. The summed E-state index contributed by atoms with van der Waals surface area (Å²) >= 11 is 0. The number of halogens is 1. The van der Waals surface area contributed by atoms with E-state index in [1.54, 1.807) is 6.07 Å². The first kappa shape index (κ1) is 11.9. The Bertz CT molecular complexity index is 409. The van der Waals surface area contributed by atoms with Gasteiger partial charge in [-0.2, -0.15) is 5.01 Å². The summed E-state index contributed by atoms with van der Waals surface area (Å²) in [6, 6.07) is 4.97. The number of nitrogens with two attached hydrogens (primary N) is 1. The third-order valence-electron chi connectivity index (χ3n) is 1.78. The van der Waals surface area contributed by atoms with Crippen LogP contribution in [-0.2, 0) is 0 Å². The molecule has 0 spiro atoms. The average molecular weight is 225 g/mol. The van der Waals surface area contributed by atoms with Gasteiger partial charge in [0.25, 0.3) is 0 Å². The SMILES string of the molecule is CNN(C(=N)N)C(=O)Nc1ccccc1F. The number of carbonyl (C=O) groups excluding carboxylic acids is 1. The van der Waals surface area contributed by atoms with Crippen LogP contribution in [0, 0.1) is 11.2 Å². The lowest BCUT2D eigenvalue weighted by molar-refractivity contribution is 0.223. The fraction of sp³-hybridized carbons (Fsp3) is 0.111. The van der Waals surface area contributed by atoms with Crippen LogP contribution in [0.1, 0.15) is 0 Å². The van der Waals surface area contributed by atoms with E-state index in [0.717, 1.165) is 5.01 Å². The van der Waals surface area contributed by atoms with E-state index in [1.165, 1.54) is 25.2 Å². The van der Waals surface area contributed by atoms with Gasteiger partial charge in [-0.25, -0.2) is 14.6 Å². The number of benzene rings is 1. The summed E-state index contributed by atoms with van der Waals surface area (Å²) in [7, 11) is 1.42. The van der Waals surface area contributed by atoms with E-state index < -0.39 is 17.8 Å². The molecule has 0 unspecified atom stereocenters. The molecular weight excluding hydrogens is 213 g/mol. The minimum atomic E-state index is -0.736. The number of amides is 2. The van der Waals surface area contributed by atoms with Gasteiger partial charge in [-0.3, -0.25) is 5.41 Å².